The van der Waals surface area contributed by atoms with Gasteiger partial charge in [0.05, 0.1) is 18.6 Å². The van der Waals surface area contributed by atoms with Crippen LogP contribution in [0, 0.1) is 0 Å². The van der Waals surface area contributed by atoms with Gasteiger partial charge in [0.1, 0.15) is 5.56 Å². The highest BCUT2D eigenvalue weighted by Crippen LogP contribution is 2.31. The first-order chi connectivity index (χ1) is 11.0. The zero-order chi connectivity index (χ0) is 16.4. The minimum atomic E-state index is -3.04. The number of sulfone groups is 1. The number of rotatable bonds is 4. The highest BCUT2D eigenvalue weighted by Gasteiger charge is 2.40. The van der Waals surface area contributed by atoms with E-state index >= 15 is 0 Å². The van der Waals surface area contributed by atoms with Gasteiger partial charge in [0.25, 0.3) is 5.91 Å². The summed E-state index contributed by atoms with van der Waals surface area (Å²) in [7, 11) is -1.56. The maximum absolute atomic E-state index is 13.1. The van der Waals surface area contributed by atoms with Crippen molar-refractivity contribution in [2.24, 2.45) is 0 Å². The molecule has 0 N–H and O–H groups in total. The molecule has 3 rings (SSSR count). The van der Waals surface area contributed by atoms with Gasteiger partial charge < -0.3 is 9.64 Å². The number of pyridine rings is 1. The van der Waals surface area contributed by atoms with E-state index in [2.05, 4.69) is 4.98 Å². The van der Waals surface area contributed by atoms with Crippen LogP contribution >= 0.6 is 0 Å². The van der Waals surface area contributed by atoms with Crippen molar-refractivity contribution in [3.8, 4) is 5.88 Å². The summed E-state index contributed by atoms with van der Waals surface area (Å²) in [6.45, 7) is 0. The van der Waals surface area contributed by atoms with Crippen molar-refractivity contribution in [3.63, 3.8) is 0 Å². The predicted molar refractivity (Wildman–Crippen MR) is 86.3 cm³/mol. The molecule has 0 aromatic carbocycles. The number of hydrogen-bond acceptors (Lipinski definition) is 5. The Kier molecular flexibility index (Phi) is 4.57. The Labute approximate surface area is 136 Å². The lowest BCUT2D eigenvalue weighted by Crippen LogP contribution is -2.47. The molecule has 7 heteroatoms. The fourth-order valence-corrected chi connectivity index (χ4v) is 5.37. The van der Waals surface area contributed by atoms with Crippen molar-refractivity contribution in [3.05, 3.63) is 23.9 Å². The standard InChI is InChI=1S/C16H22N2O4S/c1-22-15-14(7-4-9-17-15)16(19)18(12-5-2-3-6-12)13-8-10-23(20,21)11-13/h4,7,9,12-13H,2-3,5-6,8,10-11H2,1H3/t13-/m1/s1. The van der Waals surface area contributed by atoms with E-state index in [1.165, 1.54) is 7.11 Å². The van der Waals surface area contributed by atoms with Crippen LogP contribution in [0.25, 0.3) is 0 Å². The van der Waals surface area contributed by atoms with E-state index in [1.807, 2.05) is 0 Å². The number of hydrogen-bond donors (Lipinski definition) is 0. The zero-order valence-corrected chi connectivity index (χ0v) is 14.1. The monoisotopic (exact) mass is 338 g/mol. The van der Waals surface area contributed by atoms with E-state index < -0.39 is 9.84 Å². The molecule has 23 heavy (non-hydrogen) atoms. The maximum Gasteiger partial charge on any atom is 0.259 e. The minimum Gasteiger partial charge on any atom is -0.480 e. The van der Waals surface area contributed by atoms with Crippen molar-refractivity contribution >= 4 is 15.7 Å². The molecule has 1 aliphatic carbocycles. The second-order valence-corrected chi connectivity index (χ2v) is 8.50. The molecule has 0 bridgehead atoms. The molecule has 1 aromatic heterocycles. The quantitative estimate of drug-likeness (QED) is 0.834. The van der Waals surface area contributed by atoms with Crippen molar-refractivity contribution < 1.29 is 17.9 Å². The molecule has 0 unspecified atom stereocenters. The number of amides is 1. The maximum atomic E-state index is 13.1. The van der Waals surface area contributed by atoms with Crippen molar-refractivity contribution in [1.82, 2.24) is 9.88 Å². The Balaban J connectivity index is 1.93. The van der Waals surface area contributed by atoms with Gasteiger partial charge in [-0.2, -0.15) is 0 Å². The molecule has 126 valence electrons. The third-order valence-electron chi connectivity index (χ3n) is 4.75. The van der Waals surface area contributed by atoms with Gasteiger partial charge in [-0.05, 0) is 31.4 Å². The molecular weight excluding hydrogens is 316 g/mol. The fourth-order valence-electron chi connectivity index (χ4n) is 3.66. The SMILES string of the molecule is COc1ncccc1C(=O)N(C1CCCC1)[C@@H]1CCS(=O)(=O)C1. The molecule has 1 aliphatic heterocycles. The smallest absolute Gasteiger partial charge is 0.259 e. The second-order valence-electron chi connectivity index (χ2n) is 6.27. The Morgan fingerprint density at radius 2 is 2.00 bits per heavy atom. The average molecular weight is 338 g/mol. The Hall–Kier alpha value is -1.63. The van der Waals surface area contributed by atoms with Gasteiger partial charge in [-0.15, -0.1) is 0 Å². The van der Waals surface area contributed by atoms with E-state index in [-0.39, 0.29) is 29.5 Å². The van der Waals surface area contributed by atoms with Gasteiger partial charge >= 0.3 is 0 Å². The molecule has 0 radical (unpaired) electrons. The number of methoxy groups -OCH3 is 1. The van der Waals surface area contributed by atoms with Gasteiger partial charge in [0.15, 0.2) is 9.84 Å². The lowest BCUT2D eigenvalue weighted by molar-refractivity contribution is 0.0597. The molecule has 1 saturated heterocycles. The first kappa shape index (κ1) is 16.2. The summed E-state index contributed by atoms with van der Waals surface area (Å²) in [6.07, 6.45) is 6.13. The molecule has 1 saturated carbocycles. The third kappa shape index (κ3) is 3.34. The van der Waals surface area contributed by atoms with Crippen LogP contribution in [0.1, 0.15) is 42.5 Å². The van der Waals surface area contributed by atoms with Crippen LogP contribution < -0.4 is 4.74 Å². The van der Waals surface area contributed by atoms with Crippen LogP contribution in [0.15, 0.2) is 18.3 Å². The number of nitrogens with zero attached hydrogens (tertiary/aromatic N) is 2. The fraction of sp³-hybridized carbons (Fsp3) is 0.625. The molecule has 1 amide bonds. The van der Waals surface area contributed by atoms with Gasteiger partial charge in [0.2, 0.25) is 5.88 Å². The van der Waals surface area contributed by atoms with Crippen LogP contribution in [0.4, 0.5) is 0 Å². The summed E-state index contributed by atoms with van der Waals surface area (Å²) in [6, 6.07) is 3.28. The van der Waals surface area contributed by atoms with Crippen molar-refractivity contribution in [2.45, 2.75) is 44.2 Å². The van der Waals surface area contributed by atoms with Crippen LogP contribution in [-0.4, -0.2) is 54.9 Å². The van der Waals surface area contributed by atoms with E-state index in [1.54, 1.807) is 23.2 Å². The lowest BCUT2D eigenvalue weighted by Gasteiger charge is -2.34. The topological polar surface area (TPSA) is 76.6 Å². The second kappa shape index (κ2) is 6.47. The highest BCUT2D eigenvalue weighted by molar-refractivity contribution is 7.91. The lowest BCUT2D eigenvalue weighted by atomic mass is 10.1. The van der Waals surface area contributed by atoms with Gasteiger partial charge in [-0.1, -0.05) is 12.8 Å². The van der Waals surface area contributed by atoms with E-state index in [9.17, 15) is 13.2 Å². The molecule has 2 fully saturated rings. The van der Waals surface area contributed by atoms with Crippen LogP contribution in [0.5, 0.6) is 5.88 Å². The van der Waals surface area contributed by atoms with Crippen LogP contribution in [0.3, 0.4) is 0 Å². The van der Waals surface area contributed by atoms with Gasteiger partial charge in [-0.25, -0.2) is 13.4 Å². The molecule has 0 spiro atoms. The molecule has 6 nitrogen and oxygen atoms in total. The van der Waals surface area contributed by atoms with E-state index in [0.29, 0.717) is 17.9 Å². The van der Waals surface area contributed by atoms with Gasteiger partial charge in [-0.3, -0.25) is 4.79 Å². The summed E-state index contributed by atoms with van der Waals surface area (Å²) in [4.78, 5) is 19.0. The number of carbonyl (C=O) groups excluding carboxylic acids is 1. The Morgan fingerprint density at radius 3 is 2.61 bits per heavy atom. The zero-order valence-electron chi connectivity index (χ0n) is 13.3. The highest BCUT2D eigenvalue weighted by atomic mass is 32.2. The average Bonchev–Trinajstić information content (AvgIpc) is 3.17. The van der Waals surface area contributed by atoms with E-state index in [4.69, 9.17) is 4.74 Å². The summed E-state index contributed by atoms with van der Waals surface area (Å²) in [5.41, 5.74) is 0.409. The first-order valence-electron chi connectivity index (χ1n) is 8.04. The minimum absolute atomic E-state index is 0.0673. The predicted octanol–water partition coefficient (Wildman–Crippen LogP) is 1.66. The molecule has 1 atom stereocenters. The largest absolute Gasteiger partial charge is 0.480 e. The summed E-state index contributed by atoms with van der Waals surface area (Å²) in [5, 5.41) is 0. The molecule has 1 aromatic rings. The summed E-state index contributed by atoms with van der Waals surface area (Å²) >= 11 is 0. The molecule has 2 aliphatic rings. The van der Waals surface area contributed by atoms with Crippen molar-refractivity contribution in [1.29, 1.82) is 0 Å². The molecular formula is C16H22N2O4S. The van der Waals surface area contributed by atoms with Crippen molar-refractivity contribution in [2.75, 3.05) is 18.6 Å². The Morgan fingerprint density at radius 1 is 1.26 bits per heavy atom. The van der Waals surface area contributed by atoms with Crippen LogP contribution in [-0.2, 0) is 9.84 Å². The molecule has 2 heterocycles. The Bertz CT molecular complexity index is 683. The normalized spacial score (nSPS) is 23.8. The summed E-state index contributed by atoms with van der Waals surface area (Å²) < 4.78 is 28.9. The number of carbonyl (C=O) groups is 1. The van der Waals surface area contributed by atoms with Gasteiger partial charge in [0, 0.05) is 18.3 Å². The number of aromatic nitrogens is 1. The van der Waals surface area contributed by atoms with Crippen LogP contribution in [0.2, 0.25) is 0 Å². The third-order valence-corrected chi connectivity index (χ3v) is 6.50. The number of ether oxygens (including phenoxy) is 1. The summed E-state index contributed by atoms with van der Waals surface area (Å²) in [5.74, 6) is 0.362. The van der Waals surface area contributed by atoms with E-state index in [0.717, 1.165) is 25.7 Å². The first-order valence-corrected chi connectivity index (χ1v) is 9.86.